The molecule has 3 aromatic rings. The number of nitrogens with one attached hydrogen (secondary N) is 3. The lowest BCUT2D eigenvalue weighted by molar-refractivity contribution is -0.146. The van der Waals surface area contributed by atoms with E-state index in [0.717, 1.165) is 36.0 Å². The molecule has 2 aromatic carbocycles. The van der Waals surface area contributed by atoms with Gasteiger partial charge >= 0.3 is 12.0 Å². The summed E-state index contributed by atoms with van der Waals surface area (Å²) in [4.78, 5) is 81.8. The number of carbonyl (C=O) groups is 6. The van der Waals surface area contributed by atoms with Crippen LogP contribution >= 0.6 is 11.8 Å². The van der Waals surface area contributed by atoms with Crippen molar-refractivity contribution >= 4 is 69.5 Å². The summed E-state index contributed by atoms with van der Waals surface area (Å²) in [5, 5.41) is 9.93. The number of ether oxygens (including phenoxy) is 4. The van der Waals surface area contributed by atoms with Crippen molar-refractivity contribution < 1.29 is 47.7 Å². The first-order valence-corrected chi connectivity index (χ1v) is 22.2. The molecule has 3 aliphatic heterocycles. The van der Waals surface area contributed by atoms with Gasteiger partial charge in [-0.05, 0) is 73.9 Å². The highest BCUT2D eigenvalue weighted by molar-refractivity contribution is 8.00. The Morgan fingerprint density at radius 2 is 1.51 bits per heavy atom. The van der Waals surface area contributed by atoms with E-state index >= 15 is 0 Å². The number of para-hydroxylation sites is 1. The number of pyridine rings is 1. The van der Waals surface area contributed by atoms with Crippen LogP contribution in [0.1, 0.15) is 60.9 Å². The first kappa shape index (κ1) is 42.5. The van der Waals surface area contributed by atoms with Gasteiger partial charge in [0.25, 0.3) is 5.91 Å². The number of thioether (sulfide) groups is 1. The highest BCUT2D eigenvalue weighted by atomic mass is 32.2. The summed E-state index contributed by atoms with van der Waals surface area (Å²) in [6.07, 6.45) is 10.1. The fourth-order valence-electron chi connectivity index (χ4n) is 9.14. The Morgan fingerprint density at radius 3 is 2.26 bits per heavy atom. The van der Waals surface area contributed by atoms with Crippen molar-refractivity contribution in [3.8, 4) is 0 Å². The second-order valence-corrected chi connectivity index (χ2v) is 17.4. The number of imide groups is 1. The quantitative estimate of drug-likeness (QED) is 0.0405. The number of anilines is 2. The number of allylic oxidation sites excluding steroid dienone is 2. The third kappa shape index (κ3) is 9.82. The summed E-state index contributed by atoms with van der Waals surface area (Å²) in [6.45, 7) is 2.17. The Morgan fingerprint density at radius 1 is 0.803 bits per heavy atom. The van der Waals surface area contributed by atoms with Gasteiger partial charge in [0, 0.05) is 53.2 Å². The van der Waals surface area contributed by atoms with E-state index in [4.69, 9.17) is 18.9 Å². The summed E-state index contributed by atoms with van der Waals surface area (Å²) in [5.41, 5.74) is 2.56. The zero-order valence-corrected chi connectivity index (χ0v) is 34.7. The topological polar surface area (TPSA) is 192 Å². The molecule has 3 saturated heterocycles. The van der Waals surface area contributed by atoms with Crippen molar-refractivity contribution in [1.29, 1.82) is 0 Å². The first-order valence-electron chi connectivity index (χ1n) is 21.2. The van der Waals surface area contributed by atoms with Crippen LogP contribution in [0.3, 0.4) is 0 Å². The lowest BCUT2D eigenvalue weighted by Crippen LogP contribution is -2.36. The Kier molecular flexibility index (Phi) is 13.7. The number of fused-ring (bicyclic) bond motifs is 7. The molecule has 3 N–H and O–H groups in total. The smallest absolute Gasteiger partial charge is 0.315 e. The summed E-state index contributed by atoms with van der Waals surface area (Å²) >= 11 is 1.86. The molecule has 4 heterocycles. The molecular weight excluding hydrogens is 803 g/mol. The maximum absolute atomic E-state index is 13.3. The molecule has 8 rings (SSSR count). The molecule has 7 unspecified atom stereocenters. The molecule has 322 valence electrons. The van der Waals surface area contributed by atoms with Crippen molar-refractivity contribution in [3.05, 3.63) is 78.0 Å². The Balaban J connectivity index is 0.674. The normalized spacial score (nSPS) is 24.6. The number of nitrogens with zero attached hydrogens (tertiary/aromatic N) is 2. The number of amides is 5. The SMILES string of the molecule is O=C(CCCOCCOCCOCCC(=O)OCc1ccnc2c(NC(=O)c3ccc(N4C(=O)C5C6C=CC(C6)C5C4=O)cc3)cccc12)CCCC1SCC2NC(=O)NC21. The molecule has 16 heteroatoms. The minimum Gasteiger partial charge on any atom is -0.461 e. The molecular formula is C45H51N5O10S. The molecule has 2 aliphatic carbocycles. The molecule has 2 bridgehead atoms. The second-order valence-electron chi connectivity index (χ2n) is 16.1. The molecule has 1 aromatic heterocycles. The van der Waals surface area contributed by atoms with E-state index in [2.05, 4.69) is 33.1 Å². The zero-order chi connectivity index (χ0) is 42.3. The van der Waals surface area contributed by atoms with Crippen LogP contribution in [-0.2, 0) is 44.7 Å². The van der Waals surface area contributed by atoms with Gasteiger partial charge in [-0.25, -0.2) is 4.79 Å². The molecule has 7 atom stereocenters. The molecule has 61 heavy (non-hydrogen) atoms. The van der Waals surface area contributed by atoms with Crippen LogP contribution < -0.4 is 20.9 Å². The number of urea groups is 1. The van der Waals surface area contributed by atoms with Crippen molar-refractivity contribution in [1.82, 2.24) is 15.6 Å². The number of aromatic nitrogens is 1. The van der Waals surface area contributed by atoms with Crippen LogP contribution in [0.15, 0.2) is 66.9 Å². The van der Waals surface area contributed by atoms with E-state index in [0.29, 0.717) is 80.0 Å². The first-order chi connectivity index (χ1) is 29.7. The molecule has 5 aliphatic rings. The minimum atomic E-state index is -0.419. The van der Waals surface area contributed by atoms with E-state index in [1.165, 1.54) is 4.90 Å². The molecule has 4 fully saturated rings. The van der Waals surface area contributed by atoms with Crippen LogP contribution in [0.5, 0.6) is 0 Å². The van der Waals surface area contributed by atoms with E-state index in [-0.39, 0.29) is 84.9 Å². The summed E-state index contributed by atoms with van der Waals surface area (Å²) < 4.78 is 22.2. The fourth-order valence-corrected chi connectivity index (χ4v) is 10.7. The van der Waals surface area contributed by atoms with E-state index in [1.807, 2.05) is 17.8 Å². The zero-order valence-electron chi connectivity index (χ0n) is 33.9. The van der Waals surface area contributed by atoms with Gasteiger partial charge in [-0.1, -0.05) is 24.3 Å². The number of ketones is 1. The predicted octanol–water partition coefficient (Wildman–Crippen LogP) is 4.97. The van der Waals surface area contributed by atoms with Crippen LogP contribution in [0.4, 0.5) is 16.2 Å². The van der Waals surface area contributed by atoms with Crippen molar-refractivity contribution in [2.45, 2.75) is 68.9 Å². The predicted molar refractivity (Wildman–Crippen MR) is 227 cm³/mol. The Hall–Kier alpha value is -5.16. The van der Waals surface area contributed by atoms with Crippen LogP contribution in [0.25, 0.3) is 10.9 Å². The number of rotatable bonds is 22. The molecule has 15 nitrogen and oxygen atoms in total. The van der Waals surface area contributed by atoms with Gasteiger partial charge in [-0.3, -0.25) is 33.9 Å². The number of Topliss-reactive ketones (excluding diaryl/α,β-unsaturated/α-hetero) is 1. The van der Waals surface area contributed by atoms with Gasteiger partial charge in [0.05, 0.1) is 80.3 Å². The van der Waals surface area contributed by atoms with Crippen molar-refractivity contribution in [2.75, 3.05) is 55.6 Å². The fraction of sp³-hybridized carbons (Fsp3) is 0.489. The van der Waals surface area contributed by atoms with E-state index < -0.39 is 5.97 Å². The van der Waals surface area contributed by atoms with Gasteiger partial charge in [-0.15, -0.1) is 0 Å². The molecule has 1 saturated carbocycles. The van der Waals surface area contributed by atoms with Gasteiger partial charge < -0.3 is 34.9 Å². The number of benzene rings is 2. The molecule has 0 radical (unpaired) electrons. The van der Waals surface area contributed by atoms with Gasteiger partial charge in [0.2, 0.25) is 11.8 Å². The summed E-state index contributed by atoms with van der Waals surface area (Å²) in [6, 6.07) is 13.9. The van der Waals surface area contributed by atoms with Crippen molar-refractivity contribution in [3.63, 3.8) is 0 Å². The average molecular weight is 854 g/mol. The van der Waals surface area contributed by atoms with E-state index in [1.54, 1.807) is 48.7 Å². The maximum atomic E-state index is 13.3. The van der Waals surface area contributed by atoms with Gasteiger partial charge in [0.15, 0.2) is 0 Å². The summed E-state index contributed by atoms with van der Waals surface area (Å²) in [7, 11) is 0. The largest absolute Gasteiger partial charge is 0.461 e. The highest BCUT2D eigenvalue weighted by Crippen LogP contribution is 2.53. The van der Waals surface area contributed by atoms with Gasteiger partial charge in [0.1, 0.15) is 12.4 Å². The second kappa shape index (κ2) is 19.7. The maximum Gasteiger partial charge on any atom is 0.315 e. The molecule has 5 amide bonds. The number of esters is 1. The van der Waals surface area contributed by atoms with Crippen LogP contribution in [0, 0.1) is 23.7 Å². The number of hydrogen-bond acceptors (Lipinski definition) is 12. The van der Waals surface area contributed by atoms with Crippen molar-refractivity contribution in [2.24, 2.45) is 23.7 Å². The van der Waals surface area contributed by atoms with Gasteiger partial charge in [-0.2, -0.15) is 11.8 Å². The lowest BCUT2D eigenvalue weighted by atomic mass is 9.85. The Labute approximate surface area is 358 Å². The lowest BCUT2D eigenvalue weighted by Gasteiger charge is -2.17. The average Bonchev–Trinajstić information content (AvgIpc) is 4.09. The Bertz CT molecular complexity index is 2140. The standard InChI is InChI=1S/C45H51N5O10S/c51-32(4-1-8-36-41-35(26-61-36)48-45(56)49-41)5-3-18-57-20-22-59-23-21-58-19-16-37(52)60-25-30-15-17-46-40-33(30)6-2-7-34(40)47-42(53)27-11-13-31(14-12-27)50-43(54)38-28-9-10-29(24-28)39(38)44(50)55/h2,6-7,9-15,17,28-29,35-36,38-39,41H,1,3-5,8,16,18-26H2,(H,47,53)(H2,48,49,56). The van der Waals surface area contributed by atoms with Crippen LogP contribution in [0.2, 0.25) is 0 Å². The van der Waals surface area contributed by atoms with Crippen LogP contribution in [-0.4, -0.2) is 103 Å². The third-order valence-corrected chi connectivity index (χ3v) is 13.7. The highest BCUT2D eigenvalue weighted by Gasteiger charge is 2.59. The number of carbonyl (C=O) groups excluding carboxylic acids is 6. The molecule has 0 spiro atoms. The third-order valence-electron chi connectivity index (χ3n) is 12.2. The monoisotopic (exact) mass is 853 g/mol. The van der Waals surface area contributed by atoms with E-state index in [9.17, 15) is 28.8 Å². The summed E-state index contributed by atoms with van der Waals surface area (Å²) in [5.74, 6) is -0.311. The minimum absolute atomic E-state index is 0.0155. The number of hydrogen-bond donors (Lipinski definition) is 3.